The third-order valence-electron chi connectivity index (χ3n) is 8.00. The Morgan fingerprint density at radius 2 is 1.23 bits per heavy atom. The zero-order valence-electron chi connectivity index (χ0n) is 19.6. The monoisotopic (exact) mass is 420 g/mol. The standard InChI is InChI=1S/C26H44O4/c1-4-5-19-6-8-20(9-7-19)21-10-12-22(13-11-21)26(28)30-24-16-14-23(15-17-24)25(27)29-18(2)3/h18-24H,4-17H2,1-3H3. The lowest BCUT2D eigenvalue weighted by Crippen LogP contribution is -2.33. The van der Waals surface area contributed by atoms with Gasteiger partial charge < -0.3 is 9.47 Å². The van der Waals surface area contributed by atoms with E-state index in [9.17, 15) is 9.59 Å². The molecule has 0 amide bonds. The van der Waals surface area contributed by atoms with Crippen LogP contribution in [0.4, 0.5) is 0 Å². The smallest absolute Gasteiger partial charge is 0.309 e. The molecule has 0 heterocycles. The minimum absolute atomic E-state index is 0.00725. The Labute approximate surface area is 183 Å². The van der Waals surface area contributed by atoms with Crippen molar-refractivity contribution < 1.29 is 19.1 Å². The molecule has 30 heavy (non-hydrogen) atoms. The van der Waals surface area contributed by atoms with Crippen molar-refractivity contribution in [3.63, 3.8) is 0 Å². The molecule has 4 heteroatoms. The molecule has 3 rings (SSSR count). The van der Waals surface area contributed by atoms with Crippen LogP contribution in [0.2, 0.25) is 0 Å². The maximum Gasteiger partial charge on any atom is 0.309 e. The quantitative estimate of drug-likeness (QED) is 0.444. The second-order valence-electron chi connectivity index (χ2n) is 10.6. The van der Waals surface area contributed by atoms with E-state index in [1.54, 1.807) is 0 Å². The topological polar surface area (TPSA) is 52.6 Å². The molecule has 0 aromatic carbocycles. The normalized spacial score (nSPS) is 35.1. The highest BCUT2D eigenvalue weighted by atomic mass is 16.5. The minimum Gasteiger partial charge on any atom is -0.463 e. The SMILES string of the molecule is CCCC1CCC(C2CCC(C(=O)OC3CCC(C(=O)OC(C)C)CC3)CC2)CC1. The van der Waals surface area contributed by atoms with E-state index < -0.39 is 0 Å². The lowest BCUT2D eigenvalue weighted by molar-refractivity contribution is -0.160. The van der Waals surface area contributed by atoms with Crippen LogP contribution in [-0.2, 0) is 19.1 Å². The maximum atomic E-state index is 12.7. The fraction of sp³-hybridized carbons (Fsp3) is 0.923. The lowest BCUT2D eigenvalue weighted by Gasteiger charge is -2.37. The molecule has 3 fully saturated rings. The van der Waals surface area contributed by atoms with Gasteiger partial charge in [-0.15, -0.1) is 0 Å². The zero-order valence-corrected chi connectivity index (χ0v) is 19.6. The van der Waals surface area contributed by atoms with Gasteiger partial charge in [-0.05, 0) is 95.8 Å². The largest absolute Gasteiger partial charge is 0.463 e. The van der Waals surface area contributed by atoms with Crippen molar-refractivity contribution in [3.05, 3.63) is 0 Å². The minimum atomic E-state index is -0.0863. The van der Waals surface area contributed by atoms with Gasteiger partial charge in [-0.1, -0.05) is 32.6 Å². The molecule has 0 aromatic rings. The van der Waals surface area contributed by atoms with E-state index in [-0.39, 0.29) is 36.0 Å². The van der Waals surface area contributed by atoms with Gasteiger partial charge in [0.2, 0.25) is 0 Å². The molecule has 3 saturated carbocycles. The van der Waals surface area contributed by atoms with Crippen LogP contribution in [0.25, 0.3) is 0 Å². The Balaban J connectivity index is 1.34. The molecular formula is C26H44O4. The first kappa shape index (κ1) is 23.6. The Morgan fingerprint density at radius 1 is 0.733 bits per heavy atom. The number of hydrogen-bond acceptors (Lipinski definition) is 4. The first-order valence-corrected chi connectivity index (χ1v) is 12.9. The van der Waals surface area contributed by atoms with E-state index in [4.69, 9.17) is 9.47 Å². The molecule has 0 bridgehead atoms. The van der Waals surface area contributed by atoms with Gasteiger partial charge in [0, 0.05) is 0 Å². The average Bonchev–Trinajstić information content (AvgIpc) is 2.75. The Hall–Kier alpha value is -1.06. The number of rotatable bonds is 7. The summed E-state index contributed by atoms with van der Waals surface area (Å²) in [5.41, 5.74) is 0. The number of hydrogen-bond donors (Lipinski definition) is 0. The Kier molecular flexibility index (Phi) is 9.07. The highest BCUT2D eigenvalue weighted by molar-refractivity contribution is 5.73. The van der Waals surface area contributed by atoms with Crippen LogP contribution >= 0.6 is 0 Å². The summed E-state index contributed by atoms with van der Waals surface area (Å²) in [4.78, 5) is 24.8. The van der Waals surface area contributed by atoms with Crippen molar-refractivity contribution in [1.82, 2.24) is 0 Å². The maximum absolute atomic E-state index is 12.7. The van der Waals surface area contributed by atoms with Gasteiger partial charge in [0.15, 0.2) is 0 Å². The van der Waals surface area contributed by atoms with Crippen molar-refractivity contribution in [3.8, 4) is 0 Å². The molecule has 0 aliphatic heterocycles. The number of carbonyl (C=O) groups excluding carboxylic acids is 2. The van der Waals surface area contributed by atoms with Crippen molar-refractivity contribution in [2.45, 2.75) is 123 Å². The van der Waals surface area contributed by atoms with E-state index in [0.717, 1.165) is 56.3 Å². The number of esters is 2. The molecule has 0 aromatic heterocycles. The van der Waals surface area contributed by atoms with Crippen LogP contribution in [-0.4, -0.2) is 24.1 Å². The second kappa shape index (κ2) is 11.5. The van der Waals surface area contributed by atoms with Gasteiger partial charge in [-0.3, -0.25) is 9.59 Å². The third-order valence-corrected chi connectivity index (χ3v) is 8.00. The fourth-order valence-electron chi connectivity index (χ4n) is 6.19. The fourth-order valence-corrected chi connectivity index (χ4v) is 6.19. The van der Waals surface area contributed by atoms with Gasteiger partial charge in [0.1, 0.15) is 6.10 Å². The van der Waals surface area contributed by atoms with Crippen molar-refractivity contribution in [2.75, 3.05) is 0 Å². The Bertz CT molecular complexity index is 533. The van der Waals surface area contributed by atoms with Crippen LogP contribution < -0.4 is 0 Å². The van der Waals surface area contributed by atoms with Gasteiger partial charge >= 0.3 is 11.9 Å². The van der Waals surface area contributed by atoms with Crippen LogP contribution in [0.3, 0.4) is 0 Å². The van der Waals surface area contributed by atoms with Crippen molar-refractivity contribution in [1.29, 1.82) is 0 Å². The molecule has 0 N–H and O–H groups in total. The van der Waals surface area contributed by atoms with Gasteiger partial charge in [-0.25, -0.2) is 0 Å². The van der Waals surface area contributed by atoms with E-state index in [1.807, 2.05) is 13.8 Å². The third kappa shape index (κ3) is 6.72. The molecule has 0 radical (unpaired) electrons. The summed E-state index contributed by atoms with van der Waals surface area (Å²) in [7, 11) is 0. The molecule has 4 nitrogen and oxygen atoms in total. The second-order valence-corrected chi connectivity index (χ2v) is 10.6. The predicted molar refractivity (Wildman–Crippen MR) is 119 cm³/mol. The summed E-state index contributed by atoms with van der Waals surface area (Å²) in [5.74, 6) is 2.71. The number of carbonyl (C=O) groups is 2. The number of ether oxygens (including phenoxy) is 2. The summed E-state index contributed by atoms with van der Waals surface area (Å²) in [6.45, 7) is 6.08. The molecule has 172 valence electrons. The first-order chi connectivity index (χ1) is 14.5. The van der Waals surface area contributed by atoms with E-state index in [0.29, 0.717) is 0 Å². The average molecular weight is 421 g/mol. The highest BCUT2D eigenvalue weighted by Gasteiger charge is 2.35. The van der Waals surface area contributed by atoms with Crippen LogP contribution in [0.1, 0.15) is 111 Å². The highest BCUT2D eigenvalue weighted by Crippen LogP contribution is 2.42. The van der Waals surface area contributed by atoms with Crippen LogP contribution in [0.15, 0.2) is 0 Å². The van der Waals surface area contributed by atoms with E-state index in [2.05, 4.69) is 6.92 Å². The van der Waals surface area contributed by atoms with E-state index >= 15 is 0 Å². The van der Waals surface area contributed by atoms with Crippen molar-refractivity contribution in [2.24, 2.45) is 29.6 Å². The molecule has 0 atom stereocenters. The van der Waals surface area contributed by atoms with E-state index in [1.165, 1.54) is 51.4 Å². The predicted octanol–water partition coefficient (Wildman–Crippen LogP) is 6.45. The van der Waals surface area contributed by atoms with Gasteiger partial charge in [0.05, 0.1) is 17.9 Å². The summed E-state index contributed by atoms with van der Waals surface area (Å²) in [5, 5.41) is 0. The first-order valence-electron chi connectivity index (χ1n) is 12.9. The molecule has 3 aliphatic rings. The van der Waals surface area contributed by atoms with Gasteiger partial charge in [-0.2, -0.15) is 0 Å². The molecule has 0 unspecified atom stereocenters. The van der Waals surface area contributed by atoms with Crippen molar-refractivity contribution >= 4 is 11.9 Å². The zero-order chi connectivity index (χ0) is 21.5. The molecule has 0 spiro atoms. The summed E-state index contributed by atoms with van der Waals surface area (Å²) in [6.07, 6.45) is 15.9. The molecular weight excluding hydrogens is 376 g/mol. The summed E-state index contributed by atoms with van der Waals surface area (Å²) in [6, 6.07) is 0. The van der Waals surface area contributed by atoms with Crippen LogP contribution in [0, 0.1) is 29.6 Å². The molecule has 0 saturated heterocycles. The summed E-state index contributed by atoms with van der Waals surface area (Å²) >= 11 is 0. The Morgan fingerprint density at radius 3 is 1.77 bits per heavy atom. The van der Waals surface area contributed by atoms with Gasteiger partial charge in [0.25, 0.3) is 0 Å². The molecule has 3 aliphatic carbocycles. The van der Waals surface area contributed by atoms with Crippen LogP contribution in [0.5, 0.6) is 0 Å². The lowest BCUT2D eigenvalue weighted by atomic mass is 9.69. The summed E-state index contributed by atoms with van der Waals surface area (Å²) < 4.78 is 11.2.